The van der Waals surface area contributed by atoms with Crippen LogP contribution in [-0.2, 0) is 0 Å². The maximum atomic E-state index is 10.8. The largest absolute Gasteiger partial charge is 0.478 e. The van der Waals surface area contributed by atoms with E-state index in [2.05, 4.69) is 6.58 Å². The van der Waals surface area contributed by atoms with E-state index < -0.39 is 5.97 Å². The van der Waals surface area contributed by atoms with Crippen molar-refractivity contribution in [1.82, 2.24) is 0 Å². The van der Waals surface area contributed by atoms with Gasteiger partial charge in [0, 0.05) is 0 Å². The Morgan fingerprint density at radius 2 is 1.42 bits per heavy atom. The lowest BCUT2D eigenvalue weighted by Gasteiger charge is -2.08. The van der Waals surface area contributed by atoms with E-state index in [0.717, 1.165) is 16.7 Å². The molecule has 0 aliphatic heterocycles. The van der Waals surface area contributed by atoms with Crippen LogP contribution >= 0.6 is 0 Å². The van der Waals surface area contributed by atoms with Crippen LogP contribution in [0.4, 0.5) is 0 Å². The highest BCUT2D eigenvalue weighted by atomic mass is 16.4. The molecule has 0 bridgehead atoms. The molecule has 2 aromatic carbocycles. The van der Waals surface area contributed by atoms with Crippen LogP contribution in [0.15, 0.2) is 73.3 Å². The summed E-state index contributed by atoms with van der Waals surface area (Å²) in [6.45, 7) is 3.73. The summed E-state index contributed by atoms with van der Waals surface area (Å²) < 4.78 is 0. The number of aromatic carboxylic acids is 1. The van der Waals surface area contributed by atoms with E-state index in [-0.39, 0.29) is 5.56 Å². The van der Waals surface area contributed by atoms with Crippen molar-refractivity contribution in [3.05, 3.63) is 90.0 Å². The van der Waals surface area contributed by atoms with Gasteiger partial charge in [-0.1, -0.05) is 61.2 Å². The van der Waals surface area contributed by atoms with Crippen LogP contribution in [0, 0.1) is 0 Å². The van der Waals surface area contributed by atoms with E-state index >= 15 is 0 Å². The van der Waals surface area contributed by atoms with Crippen LogP contribution in [0.25, 0.3) is 5.57 Å². The summed E-state index contributed by atoms with van der Waals surface area (Å²) in [6.07, 6.45) is 3.65. The Kier molecular flexibility index (Phi) is 3.94. The van der Waals surface area contributed by atoms with Crippen LogP contribution in [0.1, 0.15) is 21.5 Å². The second-order valence-electron chi connectivity index (χ2n) is 4.06. The molecular weight excluding hydrogens is 236 g/mol. The zero-order chi connectivity index (χ0) is 13.7. The van der Waals surface area contributed by atoms with Gasteiger partial charge in [-0.3, -0.25) is 0 Å². The molecule has 0 fully saturated rings. The molecule has 2 nitrogen and oxygen atoms in total. The highest BCUT2D eigenvalue weighted by molar-refractivity contribution is 5.89. The molecule has 2 aromatic rings. The van der Waals surface area contributed by atoms with Crippen molar-refractivity contribution in [2.75, 3.05) is 0 Å². The normalized spacial score (nSPS) is 11.1. The molecule has 0 radical (unpaired) electrons. The summed E-state index contributed by atoms with van der Waals surface area (Å²) in [7, 11) is 0. The fraction of sp³-hybridized carbons (Fsp3) is 0. The molecule has 19 heavy (non-hydrogen) atoms. The number of carboxylic acid groups (broad SMARTS) is 1. The lowest BCUT2D eigenvalue weighted by molar-refractivity contribution is 0.0697. The number of carboxylic acids is 1. The maximum absolute atomic E-state index is 10.8. The fourth-order valence-electron chi connectivity index (χ4n) is 1.89. The average Bonchev–Trinajstić information content (AvgIpc) is 2.46. The lowest BCUT2D eigenvalue weighted by Crippen LogP contribution is -1.96. The minimum atomic E-state index is -0.916. The van der Waals surface area contributed by atoms with E-state index in [9.17, 15) is 4.79 Å². The third-order valence-electron chi connectivity index (χ3n) is 2.81. The van der Waals surface area contributed by atoms with Crippen molar-refractivity contribution in [2.45, 2.75) is 0 Å². The van der Waals surface area contributed by atoms with Gasteiger partial charge in [0.05, 0.1) is 5.56 Å². The smallest absolute Gasteiger partial charge is 0.335 e. The average molecular weight is 250 g/mol. The topological polar surface area (TPSA) is 37.3 Å². The predicted octanol–water partition coefficient (Wildman–Crippen LogP) is 4.00. The highest BCUT2D eigenvalue weighted by Crippen LogP contribution is 2.23. The van der Waals surface area contributed by atoms with Crippen LogP contribution < -0.4 is 0 Å². The first-order valence-electron chi connectivity index (χ1n) is 5.94. The standard InChI is InChI=1S/C17H14O2/c1-2-6-16(13-7-4-3-5-8-13)14-9-11-15(12-10-14)17(18)19/h2-12H,1H2,(H,18,19)/b16-6+. The minimum Gasteiger partial charge on any atom is -0.478 e. The van der Waals surface area contributed by atoms with Crippen molar-refractivity contribution >= 4 is 11.5 Å². The van der Waals surface area contributed by atoms with E-state index in [1.807, 2.05) is 48.5 Å². The van der Waals surface area contributed by atoms with Crippen molar-refractivity contribution in [3.63, 3.8) is 0 Å². The second kappa shape index (κ2) is 5.83. The molecule has 0 aliphatic rings. The Bertz CT molecular complexity index is 607. The first kappa shape index (κ1) is 12.8. The first-order chi connectivity index (χ1) is 9.22. The molecular formula is C17H14O2. The van der Waals surface area contributed by atoms with Gasteiger partial charge in [0.25, 0.3) is 0 Å². The number of benzene rings is 2. The quantitative estimate of drug-likeness (QED) is 0.833. The molecule has 0 atom stereocenters. The lowest BCUT2D eigenvalue weighted by atomic mass is 9.97. The van der Waals surface area contributed by atoms with Gasteiger partial charge in [-0.25, -0.2) is 4.79 Å². The third kappa shape index (κ3) is 2.99. The number of rotatable bonds is 4. The summed E-state index contributed by atoms with van der Waals surface area (Å²) >= 11 is 0. The molecule has 0 heterocycles. The number of hydrogen-bond donors (Lipinski definition) is 1. The summed E-state index contributed by atoms with van der Waals surface area (Å²) in [4.78, 5) is 10.8. The summed E-state index contributed by atoms with van der Waals surface area (Å²) in [5.74, 6) is -0.916. The maximum Gasteiger partial charge on any atom is 0.335 e. The number of hydrogen-bond acceptors (Lipinski definition) is 1. The Hall–Kier alpha value is -2.61. The molecule has 0 saturated carbocycles. The SMILES string of the molecule is C=C/C=C(\c1ccccc1)c1ccc(C(=O)O)cc1. The van der Waals surface area contributed by atoms with Crippen LogP contribution in [0.2, 0.25) is 0 Å². The summed E-state index contributed by atoms with van der Waals surface area (Å²) in [5.41, 5.74) is 3.35. The summed E-state index contributed by atoms with van der Waals surface area (Å²) in [5, 5.41) is 8.90. The second-order valence-corrected chi connectivity index (χ2v) is 4.06. The van der Waals surface area contributed by atoms with Gasteiger partial charge >= 0.3 is 5.97 Å². The highest BCUT2D eigenvalue weighted by Gasteiger charge is 2.06. The van der Waals surface area contributed by atoms with E-state index in [1.165, 1.54) is 0 Å². The Labute approximate surface area is 112 Å². The van der Waals surface area contributed by atoms with Crippen molar-refractivity contribution in [2.24, 2.45) is 0 Å². The molecule has 0 aliphatic carbocycles. The van der Waals surface area contributed by atoms with Crippen molar-refractivity contribution in [3.8, 4) is 0 Å². The number of allylic oxidation sites excluding steroid dienone is 2. The molecule has 0 spiro atoms. The third-order valence-corrected chi connectivity index (χ3v) is 2.81. The van der Waals surface area contributed by atoms with E-state index in [1.54, 1.807) is 18.2 Å². The molecule has 2 heteroatoms. The van der Waals surface area contributed by atoms with E-state index in [4.69, 9.17) is 5.11 Å². The molecule has 94 valence electrons. The summed E-state index contributed by atoms with van der Waals surface area (Å²) in [6, 6.07) is 16.8. The molecule has 0 unspecified atom stereocenters. The van der Waals surface area contributed by atoms with Gasteiger partial charge in [0.15, 0.2) is 0 Å². The van der Waals surface area contributed by atoms with Gasteiger partial charge in [-0.2, -0.15) is 0 Å². The van der Waals surface area contributed by atoms with Crippen LogP contribution in [0.3, 0.4) is 0 Å². The Morgan fingerprint density at radius 3 is 1.95 bits per heavy atom. The fourth-order valence-corrected chi connectivity index (χ4v) is 1.89. The molecule has 2 rings (SSSR count). The monoisotopic (exact) mass is 250 g/mol. The van der Waals surface area contributed by atoms with Gasteiger partial charge < -0.3 is 5.11 Å². The van der Waals surface area contributed by atoms with Gasteiger partial charge in [-0.05, 0) is 28.8 Å². The molecule has 0 amide bonds. The van der Waals surface area contributed by atoms with Gasteiger partial charge in [0.1, 0.15) is 0 Å². The van der Waals surface area contributed by atoms with E-state index in [0.29, 0.717) is 0 Å². The Morgan fingerprint density at radius 1 is 0.895 bits per heavy atom. The van der Waals surface area contributed by atoms with Crippen LogP contribution in [0.5, 0.6) is 0 Å². The number of carbonyl (C=O) groups is 1. The minimum absolute atomic E-state index is 0.287. The Balaban J connectivity index is 2.43. The molecule has 0 saturated heterocycles. The molecule has 0 aromatic heterocycles. The molecule has 1 N–H and O–H groups in total. The van der Waals surface area contributed by atoms with Crippen molar-refractivity contribution in [1.29, 1.82) is 0 Å². The first-order valence-corrected chi connectivity index (χ1v) is 5.94. The van der Waals surface area contributed by atoms with Crippen LogP contribution in [-0.4, -0.2) is 11.1 Å². The van der Waals surface area contributed by atoms with Crippen molar-refractivity contribution < 1.29 is 9.90 Å². The zero-order valence-electron chi connectivity index (χ0n) is 10.4. The van der Waals surface area contributed by atoms with Gasteiger partial charge in [0.2, 0.25) is 0 Å². The predicted molar refractivity (Wildman–Crippen MR) is 77.1 cm³/mol. The van der Waals surface area contributed by atoms with Gasteiger partial charge in [-0.15, -0.1) is 0 Å². The zero-order valence-corrected chi connectivity index (χ0v) is 10.4.